The Morgan fingerprint density at radius 2 is 1.88 bits per heavy atom. The summed E-state index contributed by atoms with van der Waals surface area (Å²) in [6.45, 7) is 0.730. The van der Waals surface area contributed by atoms with Crippen LogP contribution in [0.4, 0.5) is 0 Å². The first-order valence-electron chi connectivity index (χ1n) is 9.24. The van der Waals surface area contributed by atoms with Crippen LogP contribution in [-0.4, -0.2) is 49.9 Å². The van der Waals surface area contributed by atoms with E-state index in [9.17, 15) is 13.2 Å². The summed E-state index contributed by atoms with van der Waals surface area (Å²) in [5.74, 6) is 0.797. The highest BCUT2D eigenvalue weighted by Gasteiger charge is 2.43. The second kappa shape index (κ2) is 8.30. The van der Waals surface area contributed by atoms with Gasteiger partial charge in [0.2, 0.25) is 5.91 Å². The summed E-state index contributed by atoms with van der Waals surface area (Å²) in [7, 11) is -1.47. The number of methoxy groups -OCH3 is 1. The smallest absolute Gasteiger partial charge is 0.222 e. The molecule has 1 aromatic carbocycles. The number of nitrogens with zero attached hydrogens (tertiary/aromatic N) is 1. The van der Waals surface area contributed by atoms with Crippen LogP contribution < -0.4 is 4.74 Å². The number of benzene rings is 1. The van der Waals surface area contributed by atoms with E-state index in [1.165, 1.54) is 0 Å². The molecule has 26 heavy (non-hydrogen) atoms. The minimum Gasteiger partial charge on any atom is -0.496 e. The summed E-state index contributed by atoms with van der Waals surface area (Å²) in [6, 6.07) is 5.78. The minimum absolute atomic E-state index is 0.0343. The van der Waals surface area contributed by atoms with Gasteiger partial charge in [0, 0.05) is 19.5 Å². The number of aryl methyl sites for hydroxylation is 1. The van der Waals surface area contributed by atoms with Crippen LogP contribution in [0.15, 0.2) is 22.7 Å². The van der Waals surface area contributed by atoms with Gasteiger partial charge in [0.1, 0.15) is 5.75 Å². The third-order valence-corrected chi connectivity index (χ3v) is 8.77. The van der Waals surface area contributed by atoms with E-state index in [-0.39, 0.29) is 16.4 Å². The van der Waals surface area contributed by atoms with Crippen LogP contribution in [0, 0.1) is 0 Å². The molecule has 1 aliphatic carbocycles. The fourth-order valence-electron chi connectivity index (χ4n) is 3.79. The van der Waals surface area contributed by atoms with Crippen molar-refractivity contribution in [3.63, 3.8) is 0 Å². The fourth-order valence-corrected chi connectivity index (χ4v) is 6.69. The van der Waals surface area contributed by atoms with Gasteiger partial charge in [-0.25, -0.2) is 8.42 Å². The SMILES string of the molecule is COc1ccc(CCC(=O)N2CC(S(=O)(=O)C3CCCCC3)C2)cc1Br. The molecule has 1 saturated heterocycles. The molecule has 0 bridgehead atoms. The zero-order valence-electron chi connectivity index (χ0n) is 15.1. The van der Waals surface area contributed by atoms with Crippen LogP contribution >= 0.6 is 15.9 Å². The van der Waals surface area contributed by atoms with Crippen molar-refractivity contribution >= 4 is 31.7 Å². The average Bonchev–Trinajstić information content (AvgIpc) is 2.59. The monoisotopic (exact) mass is 443 g/mol. The Bertz CT molecular complexity index is 753. The van der Waals surface area contributed by atoms with Crippen LogP contribution in [0.1, 0.15) is 44.1 Å². The van der Waals surface area contributed by atoms with Crippen molar-refractivity contribution in [3.05, 3.63) is 28.2 Å². The number of amides is 1. The number of hydrogen-bond acceptors (Lipinski definition) is 4. The van der Waals surface area contributed by atoms with Gasteiger partial charge in [-0.1, -0.05) is 25.3 Å². The molecule has 7 heteroatoms. The van der Waals surface area contributed by atoms with Crippen molar-refractivity contribution in [2.75, 3.05) is 20.2 Å². The van der Waals surface area contributed by atoms with Gasteiger partial charge in [-0.15, -0.1) is 0 Å². The molecular formula is C19H26BrNO4S. The maximum absolute atomic E-state index is 12.7. The van der Waals surface area contributed by atoms with E-state index >= 15 is 0 Å². The number of hydrogen-bond donors (Lipinski definition) is 0. The highest BCUT2D eigenvalue weighted by Crippen LogP contribution is 2.30. The van der Waals surface area contributed by atoms with Crippen molar-refractivity contribution in [2.24, 2.45) is 0 Å². The Balaban J connectivity index is 1.48. The normalized spacial score (nSPS) is 19.2. The second-order valence-corrected chi connectivity index (χ2v) is 10.6. The van der Waals surface area contributed by atoms with Gasteiger partial charge < -0.3 is 9.64 Å². The van der Waals surface area contributed by atoms with Crippen LogP contribution in [-0.2, 0) is 21.1 Å². The first kappa shape index (κ1) is 19.7. The number of likely N-dealkylation sites (tertiary alicyclic amines) is 1. The van der Waals surface area contributed by atoms with Crippen molar-refractivity contribution in [1.29, 1.82) is 0 Å². The Hall–Kier alpha value is -1.08. The first-order valence-corrected chi connectivity index (χ1v) is 11.6. The molecular weight excluding hydrogens is 418 g/mol. The van der Waals surface area contributed by atoms with Crippen molar-refractivity contribution in [1.82, 2.24) is 4.90 Å². The lowest BCUT2D eigenvalue weighted by Gasteiger charge is -2.41. The standard InChI is InChI=1S/C19H26BrNO4S/c1-25-18-9-7-14(11-17(18)20)8-10-19(22)21-12-16(13-21)26(23,24)15-5-3-2-4-6-15/h7,9,11,15-16H,2-6,8,10,12-13H2,1H3. The molecule has 0 spiro atoms. The number of carbonyl (C=O) groups excluding carboxylic acids is 1. The summed E-state index contributed by atoms with van der Waals surface area (Å²) in [6.07, 6.45) is 5.78. The van der Waals surface area contributed by atoms with E-state index in [0.717, 1.165) is 47.9 Å². The highest BCUT2D eigenvalue weighted by molar-refractivity contribution is 9.10. The van der Waals surface area contributed by atoms with Gasteiger partial charge in [-0.05, 0) is 52.9 Å². The first-order chi connectivity index (χ1) is 12.4. The van der Waals surface area contributed by atoms with Crippen molar-refractivity contribution < 1.29 is 17.9 Å². The molecule has 2 aliphatic rings. The number of carbonyl (C=O) groups is 1. The summed E-state index contributed by atoms with van der Waals surface area (Å²) in [5.41, 5.74) is 1.05. The van der Waals surface area contributed by atoms with Gasteiger partial charge in [0.05, 0.1) is 22.1 Å². The Morgan fingerprint density at radius 3 is 2.50 bits per heavy atom. The maximum atomic E-state index is 12.7. The molecule has 0 aromatic heterocycles. The zero-order chi connectivity index (χ0) is 18.7. The molecule has 0 radical (unpaired) electrons. The lowest BCUT2D eigenvalue weighted by atomic mass is 10.0. The van der Waals surface area contributed by atoms with Gasteiger partial charge in [-0.3, -0.25) is 4.79 Å². The van der Waals surface area contributed by atoms with E-state index in [2.05, 4.69) is 15.9 Å². The largest absolute Gasteiger partial charge is 0.496 e. The molecule has 1 aromatic rings. The molecule has 3 rings (SSSR count). The molecule has 1 amide bonds. The summed E-state index contributed by atoms with van der Waals surface area (Å²) >= 11 is 3.45. The second-order valence-electron chi connectivity index (χ2n) is 7.24. The Kier molecular flexibility index (Phi) is 6.28. The van der Waals surface area contributed by atoms with Crippen LogP contribution in [0.3, 0.4) is 0 Å². The van der Waals surface area contributed by atoms with Crippen LogP contribution in [0.25, 0.3) is 0 Å². The fraction of sp³-hybridized carbons (Fsp3) is 0.632. The molecule has 5 nitrogen and oxygen atoms in total. The van der Waals surface area contributed by atoms with Gasteiger partial charge in [0.15, 0.2) is 9.84 Å². The summed E-state index contributed by atoms with van der Waals surface area (Å²) in [5, 5.41) is -0.542. The van der Waals surface area contributed by atoms with Gasteiger partial charge >= 0.3 is 0 Å². The quantitative estimate of drug-likeness (QED) is 0.675. The lowest BCUT2D eigenvalue weighted by Crippen LogP contribution is -2.58. The third kappa shape index (κ3) is 4.25. The van der Waals surface area contributed by atoms with E-state index in [4.69, 9.17) is 4.74 Å². The number of sulfone groups is 1. The molecule has 0 unspecified atom stereocenters. The predicted molar refractivity (Wildman–Crippen MR) is 105 cm³/mol. The van der Waals surface area contributed by atoms with Gasteiger partial charge in [-0.2, -0.15) is 0 Å². The zero-order valence-corrected chi connectivity index (χ0v) is 17.5. The molecule has 2 fully saturated rings. The third-order valence-electron chi connectivity index (χ3n) is 5.53. The Labute approximate surface area is 164 Å². The number of halogens is 1. The van der Waals surface area contributed by atoms with E-state index in [1.807, 2.05) is 18.2 Å². The number of rotatable bonds is 6. The van der Waals surface area contributed by atoms with Crippen LogP contribution in [0.2, 0.25) is 0 Å². The van der Waals surface area contributed by atoms with E-state index in [1.54, 1.807) is 12.0 Å². The number of ether oxygens (including phenoxy) is 1. The summed E-state index contributed by atoms with van der Waals surface area (Å²) in [4.78, 5) is 14.0. The Morgan fingerprint density at radius 1 is 1.19 bits per heavy atom. The minimum atomic E-state index is -3.09. The van der Waals surface area contributed by atoms with E-state index < -0.39 is 9.84 Å². The molecule has 1 saturated carbocycles. The van der Waals surface area contributed by atoms with E-state index in [0.29, 0.717) is 25.9 Å². The highest BCUT2D eigenvalue weighted by atomic mass is 79.9. The van der Waals surface area contributed by atoms with Gasteiger partial charge in [0.25, 0.3) is 0 Å². The van der Waals surface area contributed by atoms with Crippen molar-refractivity contribution in [3.8, 4) is 5.75 Å². The molecule has 1 aliphatic heterocycles. The topological polar surface area (TPSA) is 63.7 Å². The maximum Gasteiger partial charge on any atom is 0.222 e. The molecule has 144 valence electrons. The van der Waals surface area contributed by atoms with Crippen LogP contribution in [0.5, 0.6) is 5.75 Å². The lowest BCUT2D eigenvalue weighted by molar-refractivity contribution is -0.134. The summed E-state index contributed by atoms with van der Waals surface area (Å²) < 4.78 is 31.4. The molecule has 1 heterocycles. The van der Waals surface area contributed by atoms with Crippen molar-refractivity contribution in [2.45, 2.75) is 55.4 Å². The molecule has 0 N–H and O–H groups in total. The molecule has 0 atom stereocenters. The predicted octanol–water partition coefficient (Wildman–Crippen LogP) is 3.35. The average molecular weight is 444 g/mol.